The van der Waals surface area contributed by atoms with Crippen LogP contribution in [0.2, 0.25) is 0 Å². The van der Waals surface area contributed by atoms with Crippen LogP contribution in [0, 0.1) is 0 Å². The minimum Gasteiger partial charge on any atom is -0.336 e. The van der Waals surface area contributed by atoms with Crippen LogP contribution in [0.4, 0.5) is 0 Å². The maximum Gasteiger partial charge on any atom is 0.246 e. The molecule has 0 spiro atoms. The van der Waals surface area contributed by atoms with Crippen molar-refractivity contribution < 1.29 is 4.79 Å². The van der Waals surface area contributed by atoms with Gasteiger partial charge in [-0.25, -0.2) is 0 Å². The Bertz CT molecular complexity index is 383. The normalized spacial score (nSPS) is 21.0. The van der Waals surface area contributed by atoms with E-state index >= 15 is 0 Å². The summed E-state index contributed by atoms with van der Waals surface area (Å²) in [6.07, 6.45) is 8.29. The summed E-state index contributed by atoms with van der Waals surface area (Å²) in [5.74, 6) is 0.171. The summed E-state index contributed by atoms with van der Waals surface area (Å²) < 4.78 is 0. The summed E-state index contributed by atoms with van der Waals surface area (Å²) in [6.45, 7) is 3.09. The van der Waals surface area contributed by atoms with Gasteiger partial charge in [-0.1, -0.05) is 13.0 Å². The predicted octanol–water partition coefficient (Wildman–Crippen LogP) is 3.55. The van der Waals surface area contributed by atoms with Crippen LogP contribution in [-0.4, -0.2) is 23.4 Å². The second-order valence-corrected chi connectivity index (χ2v) is 5.42. The first kappa shape index (κ1) is 12.4. The van der Waals surface area contributed by atoms with Crippen molar-refractivity contribution in [2.75, 3.05) is 6.54 Å². The molecule has 1 aromatic rings. The summed E-state index contributed by atoms with van der Waals surface area (Å²) in [7, 11) is 0. The second kappa shape index (κ2) is 6.01. The van der Waals surface area contributed by atoms with E-state index in [1.165, 1.54) is 6.42 Å². The third kappa shape index (κ3) is 3.19. The fourth-order valence-electron chi connectivity index (χ4n) is 2.35. The van der Waals surface area contributed by atoms with Crippen LogP contribution in [0.5, 0.6) is 0 Å². The van der Waals surface area contributed by atoms with Crippen molar-refractivity contribution in [1.29, 1.82) is 0 Å². The zero-order chi connectivity index (χ0) is 12.1. The molecule has 0 saturated carbocycles. The molecule has 1 fully saturated rings. The van der Waals surface area contributed by atoms with Gasteiger partial charge >= 0.3 is 0 Å². The standard InChI is InChI=1S/C14H19NOS/c1-2-12-6-3-4-10-15(12)14(16)9-8-13-7-5-11-17-13/h5,7-9,11-12H,2-4,6,10H2,1H3/b9-8+/t12-/m0/s1. The van der Waals surface area contributed by atoms with Crippen molar-refractivity contribution in [2.24, 2.45) is 0 Å². The average molecular weight is 249 g/mol. The molecule has 1 aliphatic rings. The molecule has 0 N–H and O–H groups in total. The Morgan fingerprint density at radius 1 is 1.59 bits per heavy atom. The van der Waals surface area contributed by atoms with E-state index in [1.807, 2.05) is 28.5 Å². The Hall–Kier alpha value is -1.09. The Labute approximate surface area is 107 Å². The second-order valence-electron chi connectivity index (χ2n) is 4.44. The molecule has 0 bridgehead atoms. The molecular weight excluding hydrogens is 230 g/mol. The molecule has 2 rings (SSSR count). The van der Waals surface area contributed by atoms with Gasteiger partial charge in [0.2, 0.25) is 5.91 Å². The highest BCUT2D eigenvalue weighted by Crippen LogP contribution is 2.20. The van der Waals surface area contributed by atoms with Gasteiger partial charge < -0.3 is 4.90 Å². The minimum absolute atomic E-state index is 0.171. The topological polar surface area (TPSA) is 20.3 Å². The highest BCUT2D eigenvalue weighted by Gasteiger charge is 2.23. The fourth-order valence-corrected chi connectivity index (χ4v) is 2.97. The number of piperidine rings is 1. The Morgan fingerprint density at radius 2 is 2.47 bits per heavy atom. The average Bonchev–Trinajstić information content (AvgIpc) is 2.89. The van der Waals surface area contributed by atoms with Crippen molar-refractivity contribution in [3.05, 3.63) is 28.5 Å². The molecule has 17 heavy (non-hydrogen) atoms. The van der Waals surface area contributed by atoms with Crippen LogP contribution in [-0.2, 0) is 4.79 Å². The van der Waals surface area contributed by atoms with Gasteiger partial charge in [0.25, 0.3) is 0 Å². The molecule has 1 saturated heterocycles. The van der Waals surface area contributed by atoms with Gasteiger partial charge in [0, 0.05) is 23.5 Å². The molecular formula is C14H19NOS. The first-order valence-corrected chi connectivity index (χ1v) is 7.21. The number of carbonyl (C=O) groups is 1. The molecule has 0 radical (unpaired) electrons. The lowest BCUT2D eigenvalue weighted by Crippen LogP contribution is -2.42. The quantitative estimate of drug-likeness (QED) is 0.750. The van der Waals surface area contributed by atoms with E-state index in [0.717, 1.165) is 30.7 Å². The number of hydrogen-bond donors (Lipinski definition) is 0. The number of likely N-dealkylation sites (tertiary alicyclic amines) is 1. The van der Waals surface area contributed by atoms with Crippen molar-refractivity contribution in [3.63, 3.8) is 0 Å². The van der Waals surface area contributed by atoms with Gasteiger partial charge in [-0.15, -0.1) is 11.3 Å². The molecule has 1 aromatic heterocycles. The van der Waals surface area contributed by atoms with E-state index in [4.69, 9.17) is 0 Å². The van der Waals surface area contributed by atoms with Crippen molar-refractivity contribution in [1.82, 2.24) is 4.90 Å². The van der Waals surface area contributed by atoms with Crippen molar-refractivity contribution in [3.8, 4) is 0 Å². The number of nitrogens with zero attached hydrogens (tertiary/aromatic N) is 1. The highest BCUT2D eigenvalue weighted by atomic mass is 32.1. The molecule has 1 amide bonds. The number of thiophene rings is 1. The number of rotatable bonds is 3. The largest absolute Gasteiger partial charge is 0.336 e. The molecule has 0 aromatic carbocycles. The lowest BCUT2D eigenvalue weighted by molar-refractivity contribution is -0.129. The van der Waals surface area contributed by atoms with E-state index in [2.05, 4.69) is 6.92 Å². The first-order chi connectivity index (χ1) is 8.31. The Balaban J connectivity index is 1.98. The van der Waals surface area contributed by atoms with Crippen LogP contribution < -0.4 is 0 Å². The maximum absolute atomic E-state index is 12.1. The smallest absolute Gasteiger partial charge is 0.246 e. The first-order valence-electron chi connectivity index (χ1n) is 6.33. The third-order valence-corrected chi connectivity index (χ3v) is 4.15. The van der Waals surface area contributed by atoms with Crippen LogP contribution in [0.15, 0.2) is 23.6 Å². The highest BCUT2D eigenvalue weighted by molar-refractivity contribution is 7.10. The van der Waals surface area contributed by atoms with Gasteiger partial charge in [0.1, 0.15) is 0 Å². The van der Waals surface area contributed by atoms with Gasteiger partial charge in [0.15, 0.2) is 0 Å². The lowest BCUT2D eigenvalue weighted by Gasteiger charge is -2.34. The maximum atomic E-state index is 12.1. The Morgan fingerprint density at radius 3 is 3.18 bits per heavy atom. The van der Waals surface area contributed by atoms with Gasteiger partial charge in [0.05, 0.1) is 0 Å². The van der Waals surface area contributed by atoms with Crippen LogP contribution >= 0.6 is 11.3 Å². The summed E-state index contributed by atoms with van der Waals surface area (Å²) >= 11 is 1.66. The molecule has 1 aliphatic heterocycles. The van der Waals surface area contributed by atoms with E-state index in [9.17, 15) is 4.79 Å². The zero-order valence-electron chi connectivity index (χ0n) is 10.3. The fraction of sp³-hybridized carbons (Fsp3) is 0.500. The van der Waals surface area contributed by atoms with Gasteiger partial charge in [-0.2, -0.15) is 0 Å². The van der Waals surface area contributed by atoms with E-state index in [1.54, 1.807) is 17.4 Å². The molecule has 2 nitrogen and oxygen atoms in total. The monoisotopic (exact) mass is 249 g/mol. The molecule has 1 atom stereocenters. The van der Waals surface area contributed by atoms with E-state index in [0.29, 0.717) is 6.04 Å². The summed E-state index contributed by atoms with van der Waals surface area (Å²) in [5, 5.41) is 2.03. The molecule has 2 heterocycles. The number of hydrogen-bond acceptors (Lipinski definition) is 2. The van der Waals surface area contributed by atoms with Gasteiger partial charge in [-0.05, 0) is 43.2 Å². The molecule has 0 unspecified atom stereocenters. The van der Waals surface area contributed by atoms with E-state index in [-0.39, 0.29) is 5.91 Å². The van der Waals surface area contributed by atoms with Crippen LogP contribution in [0.25, 0.3) is 6.08 Å². The summed E-state index contributed by atoms with van der Waals surface area (Å²) in [5.41, 5.74) is 0. The molecule has 3 heteroatoms. The SMILES string of the molecule is CC[C@H]1CCCCN1C(=O)/C=C/c1cccs1. The van der Waals surface area contributed by atoms with Crippen LogP contribution in [0.3, 0.4) is 0 Å². The van der Waals surface area contributed by atoms with Gasteiger partial charge in [-0.3, -0.25) is 4.79 Å². The van der Waals surface area contributed by atoms with Crippen molar-refractivity contribution >= 4 is 23.3 Å². The zero-order valence-corrected chi connectivity index (χ0v) is 11.1. The summed E-state index contributed by atoms with van der Waals surface area (Å²) in [6, 6.07) is 4.48. The van der Waals surface area contributed by atoms with Crippen molar-refractivity contribution in [2.45, 2.75) is 38.6 Å². The van der Waals surface area contributed by atoms with E-state index < -0.39 is 0 Å². The minimum atomic E-state index is 0.171. The third-order valence-electron chi connectivity index (χ3n) is 3.31. The molecule has 0 aliphatic carbocycles. The predicted molar refractivity (Wildman–Crippen MR) is 73.0 cm³/mol. The summed E-state index contributed by atoms with van der Waals surface area (Å²) in [4.78, 5) is 15.3. The lowest BCUT2D eigenvalue weighted by atomic mass is 10.00. The number of carbonyl (C=O) groups excluding carboxylic acids is 1. The van der Waals surface area contributed by atoms with Crippen LogP contribution in [0.1, 0.15) is 37.5 Å². The Kier molecular flexibility index (Phi) is 4.37. The molecule has 92 valence electrons. The number of amides is 1.